The first kappa shape index (κ1) is 19.5. The summed E-state index contributed by atoms with van der Waals surface area (Å²) in [6.07, 6.45) is 10.5. The third-order valence-electron chi connectivity index (χ3n) is 8.43. The molecule has 3 heterocycles. The number of nitrogens with one attached hydrogen (secondary N) is 3. The highest BCUT2D eigenvalue weighted by Crippen LogP contribution is 2.60. The van der Waals surface area contributed by atoms with Crippen molar-refractivity contribution in [2.75, 3.05) is 11.9 Å². The molecule has 172 valence electrons. The van der Waals surface area contributed by atoms with Gasteiger partial charge in [-0.15, -0.1) is 0 Å². The molecule has 5 aliphatic carbocycles. The predicted octanol–water partition coefficient (Wildman–Crippen LogP) is 2.49. The minimum absolute atomic E-state index is 0.208. The Morgan fingerprint density at radius 3 is 2.64 bits per heavy atom. The van der Waals surface area contributed by atoms with Crippen LogP contribution in [0.5, 0.6) is 0 Å². The van der Waals surface area contributed by atoms with E-state index in [1.54, 1.807) is 12.4 Å². The molecule has 2 amide bonds. The van der Waals surface area contributed by atoms with Gasteiger partial charge in [0.05, 0.1) is 22.5 Å². The summed E-state index contributed by atoms with van der Waals surface area (Å²) in [4.78, 5) is 33.8. The van der Waals surface area contributed by atoms with Crippen LogP contribution in [-0.2, 0) is 9.59 Å². The molecule has 0 saturated heterocycles. The monoisotopic (exact) mass is 448 g/mol. The number of aromatic nitrogens is 4. The molecule has 9 heteroatoms. The van der Waals surface area contributed by atoms with Crippen LogP contribution in [0.25, 0.3) is 21.9 Å². The van der Waals surface area contributed by atoms with Crippen LogP contribution in [0.1, 0.15) is 51.0 Å². The van der Waals surface area contributed by atoms with Gasteiger partial charge in [-0.3, -0.25) is 19.4 Å². The molecule has 0 aliphatic heterocycles. The molecule has 4 bridgehead atoms. The maximum atomic E-state index is 12.7. The minimum atomic E-state index is -0.675. The zero-order valence-corrected chi connectivity index (χ0v) is 18.4. The van der Waals surface area contributed by atoms with Gasteiger partial charge in [-0.05, 0) is 74.7 Å². The Morgan fingerprint density at radius 1 is 1.12 bits per heavy atom. The Bertz CT molecular complexity index is 1270. The molecular formula is C24H28N6O3. The average Bonchev–Trinajstić information content (AvgIpc) is 3.35. The lowest BCUT2D eigenvalue weighted by Crippen LogP contribution is -2.55. The Kier molecular flexibility index (Phi) is 4.02. The van der Waals surface area contributed by atoms with Crippen molar-refractivity contribution in [3.05, 3.63) is 18.5 Å². The molecule has 8 rings (SSSR count). The van der Waals surface area contributed by atoms with Crippen molar-refractivity contribution in [2.45, 2.75) is 56.6 Å². The van der Waals surface area contributed by atoms with E-state index in [2.05, 4.69) is 30.4 Å². The molecule has 0 aromatic carbocycles. The third-order valence-corrected chi connectivity index (χ3v) is 8.43. The van der Waals surface area contributed by atoms with Crippen LogP contribution in [0.3, 0.4) is 0 Å². The molecule has 0 spiro atoms. The maximum absolute atomic E-state index is 12.7. The van der Waals surface area contributed by atoms with E-state index in [1.807, 2.05) is 6.07 Å². The third kappa shape index (κ3) is 3.08. The zero-order chi connectivity index (χ0) is 22.3. The molecule has 5 fully saturated rings. The lowest BCUT2D eigenvalue weighted by atomic mass is 9.52. The van der Waals surface area contributed by atoms with Gasteiger partial charge in [-0.2, -0.15) is 0 Å². The number of aliphatic hydroxyl groups is 1. The Morgan fingerprint density at radius 2 is 1.91 bits per heavy atom. The number of carbonyl (C=O) groups is 2. The lowest BCUT2D eigenvalue weighted by Gasteiger charge is -2.58. The number of amides is 2. The van der Waals surface area contributed by atoms with Gasteiger partial charge in [-0.1, -0.05) is 0 Å². The van der Waals surface area contributed by atoms with E-state index in [9.17, 15) is 14.7 Å². The summed E-state index contributed by atoms with van der Waals surface area (Å²) in [5.41, 5.74) is 1.10. The van der Waals surface area contributed by atoms with Gasteiger partial charge in [0, 0.05) is 24.3 Å². The maximum Gasteiger partial charge on any atom is 0.314 e. The number of carbonyl (C=O) groups excluding carboxylic acids is 2. The van der Waals surface area contributed by atoms with Crippen LogP contribution < -0.4 is 10.6 Å². The van der Waals surface area contributed by atoms with Crippen molar-refractivity contribution < 1.29 is 14.7 Å². The fourth-order valence-corrected chi connectivity index (χ4v) is 7.13. The number of aromatic amines is 1. The molecule has 3 aromatic rings. The van der Waals surface area contributed by atoms with Gasteiger partial charge < -0.3 is 15.7 Å². The number of nitrogens with zero attached hydrogens (tertiary/aromatic N) is 3. The summed E-state index contributed by atoms with van der Waals surface area (Å²) in [5.74, 6) is 1.06. The van der Waals surface area contributed by atoms with Gasteiger partial charge in [-0.25, -0.2) is 9.97 Å². The number of anilines is 1. The van der Waals surface area contributed by atoms with Crippen LogP contribution in [-0.4, -0.2) is 48.8 Å². The van der Waals surface area contributed by atoms with Crippen molar-refractivity contribution in [3.8, 4) is 0 Å². The summed E-state index contributed by atoms with van der Waals surface area (Å²) in [5, 5.41) is 21.7. The quantitative estimate of drug-likeness (QED) is 0.457. The highest BCUT2D eigenvalue weighted by Gasteiger charge is 2.55. The summed E-state index contributed by atoms with van der Waals surface area (Å²) < 4.78 is 2.18. The largest absolute Gasteiger partial charge is 0.390 e. The van der Waals surface area contributed by atoms with E-state index < -0.39 is 17.4 Å². The van der Waals surface area contributed by atoms with Crippen LogP contribution in [0.4, 0.5) is 5.82 Å². The molecule has 4 N–H and O–H groups in total. The smallest absolute Gasteiger partial charge is 0.314 e. The van der Waals surface area contributed by atoms with E-state index in [1.165, 1.54) is 0 Å². The average molecular weight is 449 g/mol. The second-order valence-electron chi connectivity index (χ2n) is 10.9. The van der Waals surface area contributed by atoms with Crippen LogP contribution in [0.2, 0.25) is 0 Å². The summed E-state index contributed by atoms with van der Waals surface area (Å²) in [6, 6.07) is 2.16. The first-order valence-corrected chi connectivity index (χ1v) is 12.1. The van der Waals surface area contributed by atoms with E-state index >= 15 is 0 Å². The van der Waals surface area contributed by atoms with Crippen molar-refractivity contribution >= 4 is 39.6 Å². The first-order valence-electron chi connectivity index (χ1n) is 12.1. The zero-order valence-electron chi connectivity index (χ0n) is 18.4. The predicted molar refractivity (Wildman–Crippen MR) is 121 cm³/mol. The second kappa shape index (κ2) is 6.79. The van der Waals surface area contributed by atoms with Gasteiger partial charge in [0.2, 0.25) is 0 Å². The van der Waals surface area contributed by atoms with E-state index in [-0.39, 0.29) is 6.04 Å². The Balaban J connectivity index is 1.28. The topological polar surface area (TPSA) is 125 Å². The molecule has 3 unspecified atom stereocenters. The van der Waals surface area contributed by atoms with Gasteiger partial charge >= 0.3 is 11.8 Å². The highest BCUT2D eigenvalue weighted by atomic mass is 16.3. The second-order valence-corrected chi connectivity index (χ2v) is 10.9. The molecule has 33 heavy (non-hydrogen) atoms. The number of pyridine rings is 1. The Labute approximate surface area is 190 Å². The molecular weight excluding hydrogens is 420 g/mol. The number of rotatable bonds is 4. The van der Waals surface area contributed by atoms with Crippen molar-refractivity contribution in [1.82, 2.24) is 25.1 Å². The van der Waals surface area contributed by atoms with Crippen molar-refractivity contribution in [2.24, 2.45) is 23.7 Å². The molecule has 9 nitrogen and oxygen atoms in total. The van der Waals surface area contributed by atoms with Crippen LogP contribution >= 0.6 is 0 Å². The summed E-state index contributed by atoms with van der Waals surface area (Å²) in [6.45, 7) is 0.550. The molecule has 5 saturated carbocycles. The lowest BCUT2D eigenvalue weighted by molar-refractivity contribution is -0.148. The van der Waals surface area contributed by atoms with E-state index in [0.717, 1.165) is 61.2 Å². The minimum Gasteiger partial charge on any atom is -0.390 e. The van der Waals surface area contributed by atoms with Crippen molar-refractivity contribution in [3.63, 3.8) is 0 Å². The summed E-state index contributed by atoms with van der Waals surface area (Å²) >= 11 is 0. The number of hydrogen-bond donors (Lipinski definition) is 4. The first-order chi connectivity index (χ1) is 16.0. The van der Waals surface area contributed by atoms with Crippen LogP contribution in [0, 0.1) is 23.7 Å². The van der Waals surface area contributed by atoms with E-state index in [0.29, 0.717) is 41.7 Å². The summed E-state index contributed by atoms with van der Waals surface area (Å²) in [7, 11) is 0. The number of fused-ring (bicyclic) bond motifs is 3. The van der Waals surface area contributed by atoms with Crippen LogP contribution in [0.15, 0.2) is 18.5 Å². The SMILES string of the molecule is O=C(NCC1CC1)C(=O)Nc1[nH]n(C2[C@@H]3CC4C[C@H]2CC(O)(C4)C3)c2c1cnc1nccc12. The standard InChI is InChI=1S/C24H28N6O3/c31-22(27-10-12-1-2-12)23(32)28-21-17-11-26-20-16(3-4-25-20)19(17)30(29-21)18-14-5-13-6-15(18)9-24(33,7-13)8-14/h3-4,11-15,18,29,33H,1-2,5-10H2,(H,27,31)(H,28,32)/t13?,14-,15+,18?,24?. The molecule has 5 atom stereocenters. The fourth-order valence-electron chi connectivity index (χ4n) is 7.13. The number of H-pyrrole nitrogens is 1. The van der Waals surface area contributed by atoms with Crippen molar-refractivity contribution in [1.29, 1.82) is 0 Å². The van der Waals surface area contributed by atoms with Gasteiger partial charge in [0.15, 0.2) is 5.65 Å². The number of hydrogen-bond acceptors (Lipinski definition) is 5. The normalized spacial score (nSPS) is 32.5. The highest BCUT2D eigenvalue weighted by molar-refractivity contribution is 6.40. The Hall–Kier alpha value is -2.94. The van der Waals surface area contributed by atoms with Gasteiger partial charge in [0.25, 0.3) is 0 Å². The fraction of sp³-hybridized carbons (Fsp3) is 0.583. The van der Waals surface area contributed by atoms with E-state index in [4.69, 9.17) is 0 Å². The van der Waals surface area contributed by atoms with Gasteiger partial charge in [0.1, 0.15) is 5.82 Å². The molecule has 5 aliphatic rings. The molecule has 3 aromatic heterocycles. The molecule has 0 radical (unpaired) electrons.